The highest BCUT2D eigenvalue weighted by molar-refractivity contribution is 9.10. The Labute approximate surface area is 128 Å². The molecule has 0 amide bonds. The molecule has 0 unspecified atom stereocenters. The number of carbonyl (C=O) groups is 1. The first-order valence-electron chi connectivity index (χ1n) is 5.31. The Morgan fingerprint density at radius 3 is 2.95 bits per heavy atom. The van der Waals surface area contributed by atoms with Crippen LogP contribution in [-0.4, -0.2) is 11.0 Å². The van der Waals surface area contributed by atoms with Crippen molar-refractivity contribution in [2.75, 3.05) is 0 Å². The van der Waals surface area contributed by atoms with Gasteiger partial charge in [0, 0.05) is 16.5 Å². The Morgan fingerprint density at radius 2 is 2.32 bits per heavy atom. The zero-order valence-electron chi connectivity index (χ0n) is 9.89. The van der Waals surface area contributed by atoms with E-state index in [1.54, 1.807) is 24.3 Å². The summed E-state index contributed by atoms with van der Waals surface area (Å²) in [5.41, 5.74) is 0.745. The zero-order chi connectivity index (χ0) is 13.8. The maximum absolute atomic E-state index is 11.6. The number of hydrogen-bond acceptors (Lipinski definition) is 4. The van der Waals surface area contributed by atoms with Gasteiger partial charge in [0.25, 0.3) is 0 Å². The van der Waals surface area contributed by atoms with Crippen LogP contribution in [0.1, 0.15) is 10.7 Å². The Morgan fingerprint density at radius 1 is 1.53 bits per heavy atom. The van der Waals surface area contributed by atoms with Crippen LogP contribution in [0.4, 0.5) is 0 Å². The van der Waals surface area contributed by atoms with Gasteiger partial charge in [0.15, 0.2) is 0 Å². The molecule has 0 saturated carbocycles. The summed E-state index contributed by atoms with van der Waals surface area (Å²) in [4.78, 5) is 15.9. The Balaban J connectivity index is 2.03. The molecule has 1 aromatic carbocycles. The average Bonchev–Trinajstić information content (AvgIpc) is 2.76. The minimum absolute atomic E-state index is 0.425. The molecule has 0 aliphatic rings. The largest absolute Gasteiger partial charge is 0.422 e. The van der Waals surface area contributed by atoms with E-state index in [1.165, 1.54) is 17.4 Å². The van der Waals surface area contributed by atoms with Gasteiger partial charge in [0.05, 0.1) is 15.2 Å². The number of benzene rings is 1. The quantitative estimate of drug-likeness (QED) is 0.461. The van der Waals surface area contributed by atoms with Crippen LogP contribution in [0, 0.1) is 6.92 Å². The Kier molecular flexibility index (Phi) is 4.74. The summed E-state index contributed by atoms with van der Waals surface area (Å²) in [7, 11) is 0. The van der Waals surface area contributed by atoms with E-state index in [9.17, 15) is 4.79 Å². The lowest BCUT2D eigenvalue weighted by Crippen LogP contribution is -2.04. The number of hydrogen-bond donors (Lipinski definition) is 0. The van der Waals surface area contributed by atoms with Gasteiger partial charge >= 0.3 is 5.97 Å². The highest BCUT2D eigenvalue weighted by Gasteiger charge is 2.06. The van der Waals surface area contributed by atoms with E-state index >= 15 is 0 Å². The molecule has 0 bridgehead atoms. The second kappa shape index (κ2) is 6.32. The first kappa shape index (κ1) is 14.2. The van der Waals surface area contributed by atoms with Crippen LogP contribution in [0.15, 0.2) is 34.1 Å². The maximum atomic E-state index is 11.6. The monoisotopic (exact) mass is 357 g/mol. The molecule has 0 spiro atoms. The lowest BCUT2D eigenvalue weighted by molar-refractivity contribution is -0.128. The molecule has 0 radical (unpaired) electrons. The molecule has 1 aromatic heterocycles. The molecule has 0 N–H and O–H groups in total. The number of aryl methyl sites for hydroxylation is 1. The molecular weight excluding hydrogens is 350 g/mol. The molecule has 0 aliphatic heterocycles. The third-order valence-corrected chi connectivity index (χ3v) is 3.78. The highest BCUT2D eigenvalue weighted by Crippen LogP contribution is 2.28. The number of ether oxygens (including phenoxy) is 1. The van der Waals surface area contributed by atoms with Crippen LogP contribution >= 0.6 is 38.9 Å². The van der Waals surface area contributed by atoms with Gasteiger partial charge in [-0.05, 0) is 47.1 Å². The summed E-state index contributed by atoms with van der Waals surface area (Å²) < 4.78 is 5.80. The van der Waals surface area contributed by atoms with Gasteiger partial charge in [-0.2, -0.15) is 0 Å². The van der Waals surface area contributed by atoms with E-state index in [0.29, 0.717) is 15.2 Å². The van der Waals surface area contributed by atoms with E-state index in [4.69, 9.17) is 16.3 Å². The molecule has 1 heterocycles. The summed E-state index contributed by atoms with van der Waals surface area (Å²) in [5, 5.41) is 3.39. The van der Waals surface area contributed by atoms with Crippen LogP contribution in [0.5, 0.6) is 5.75 Å². The average molecular weight is 359 g/mol. The smallest absolute Gasteiger partial charge is 0.336 e. The lowest BCUT2D eigenvalue weighted by atomic mass is 10.3. The molecule has 3 nitrogen and oxygen atoms in total. The van der Waals surface area contributed by atoms with Gasteiger partial charge in [-0.3, -0.25) is 0 Å². The van der Waals surface area contributed by atoms with Crippen molar-refractivity contribution in [3.05, 3.63) is 49.9 Å². The van der Waals surface area contributed by atoms with Crippen molar-refractivity contribution in [3.63, 3.8) is 0 Å². The van der Waals surface area contributed by atoms with Gasteiger partial charge in [-0.25, -0.2) is 9.78 Å². The van der Waals surface area contributed by atoms with Crippen LogP contribution < -0.4 is 4.74 Å². The minimum Gasteiger partial charge on any atom is -0.422 e. The number of carbonyl (C=O) groups excluding carboxylic acids is 1. The normalized spacial score (nSPS) is 10.9. The molecule has 2 aromatic rings. The first-order valence-corrected chi connectivity index (χ1v) is 7.37. The number of esters is 1. The summed E-state index contributed by atoms with van der Waals surface area (Å²) >= 11 is 10.6. The zero-order valence-corrected chi connectivity index (χ0v) is 13.1. The van der Waals surface area contributed by atoms with E-state index < -0.39 is 5.97 Å². The topological polar surface area (TPSA) is 39.2 Å². The molecular formula is C13H9BrClNO2S. The second-order valence-electron chi connectivity index (χ2n) is 3.62. The number of rotatable bonds is 3. The molecule has 0 atom stereocenters. The molecule has 19 heavy (non-hydrogen) atoms. The summed E-state index contributed by atoms with van der Waals surface area (Å²) in [5.74, 6) is -0.0396. The predicted molar refractivity (Wildman–Crippen MR) is 80.7 cm³/mol. The van der Waals surface area contributed by atoms with Crippen molar-refractivity contribution in [1.82, 2.24) is 4.98 Å². The predicted octanol–water partition coefficient (Wildman–Crippen LogP) is 4.49. The Hall–Kier alpha value is -1.17. The lowest BCUT2D eigenvalue weighted by Gasteiger charge is -2.03. The van der Waals surface area contributed by atoms with Gasteiger partial charge in [-0.15, -0.1) is 11.3 Å². The SMILES string of the molecule is Cc1nc(/C=C/C(=O)Oc2ccc(Cl)cc2Br)cs1. The molecule has 2 rings (SSSR count). The van der Waals surface area contributed by atoms with E-state index in [-0.39, 0.29) is 0 Å². The van der Waals surface area contributed by atoms with Crippen LogP contribution in [0.25, 0.3) is 6.08 Å². The van der Waals surface area contributed by atoms with Gasteiger partial charge in [0.2, 0.25) is 0 Å². The molecule has 0 aliphatic carbocycles. The van der Waals surface area contributed by atoms with Gasteiger partial charge in [-0.1, -0.05) is 11.6 Å². The van der Waals surface area contributed by atoms with Crippen LogP contribution in [-0.2, 0) is 4.79 Å². The second-order valence-corrected chi connectivity index (χ2v) is 5.97. The van der Waals surface area contributed by atoms with E-state index in [0.717, 1.165) is 10.7 Å². The van der Waals surface area contributed by atoms with Crippen molar-refractivity contribution < 1.29 is 9.53 Å². The summed E-state index contributed by atoms with van der Waals surface area (Å²) in [6, 6.07) is 4.95. The number of thiazole rings is 1. The fraction of sp³-hybridized carbons (Fsp3) is 0.0769. The van der Waals surface area contributed by atoms with Crippen LogP contribution in [0.2, 0.25) is 5.02 Å². The standard InChI is InChI=1S/C13H9BrClNO2S/c1-8-16-10(7-19-8)3-5-13(17)18-12-4-2-9(15)6-11(12)14/h2-7H,1H3/b5-3+. The number of nitrogens with zero attached hydrogens (tertiary/aromatic N) is 1. The molecule has 0 saturated heterocycles. The summed E-state index contributed by atoms with van der Waals surface area (Å²) in [6.07, 6.45) is 2.96. The maximum Gasteiger partial charge on any atom is 0.336 e. The van der Waals surface area contributed by atoms with Gasteiger partial charge in [0.1, 0.15) is 5.75 Å². The fourth-order valence-corrected chi connectivity index (χ4v) is 2.65. The van der Waals surface area contributed by atoms with Crippen molar-refractivity contribution in [2.45, 2.75) is 6.92 Å². The molecule has 0 fully saturated rings. The van der Waals surface area contributed by atoms with Crippen molar-refractivity contribution in [1.29, 1.82) is 0 Å². The fourth-order valence-electron chi connectivity index (χ4n) is 1.31. The third-order valence-electron chi connectivity index (χ3n) is 2.13. The molecule has 6 heteroatoms. The number of halogens is 2. The highest BCUT2D eigenvalue weighted by atomic mass is 79.9. The van der Waals surface area contributed by atoms with Crippen molar-refractivity contribution >= 4 is 50.9 Å². The van der Waals surface area contributed by atoms with Gasteiger partial charge < -0.3 is 4.74 Å². The van der Waals surface area contributed by atoms with E-state index in [1.807, 2.05) is 12.3 Å². The van der Waals surface area contributed by atoms with E-state index in [2.05, 4.69) is 20.9 Å². The third kappa shape index (κ3) is 4.16. The van der Waals surface area contributed by atoms with Crippen molar-refractivity contribution in [3.8, 4) is 5.75 Å². The molecule has 98 valence electrons. The van der Waals surface area contributed by atoms with Crippen molar-refractivity contribution in [2.24, 2.45) is 0 Å². The Bertz CT molecular complexity index is 639. The summed E-state index contributed by atoms with van der Waals surface area (Å²) in [6.45, 7) is 1.91. The number of aromatic nitrogens is 1. The minimum atomic E-state index is -0.464. The van der Waals surface area contributed by atoms with Crippen LogP contribution in [0.3, 0.4) is 0 Å². The first-order chi connectivity index (χ1) is 9.04.